The molecule has 10 heteroatoms. The minimum absolute atomic E-state index is 0.00485. The Bertz CT molecular complexity index is 1400. The van der Waals surface area contributed by atoms with E-state index in [-0.39, 0.29) is 23.4 Å². The third-order valence-corrected chi connectivity index (χ3v) is 8.78. The standard InChI is InChI=1S/C29H33Cl2N3O4S/c1-5-21(3)32-29(36)22(4)33(18-23-10-12-24(30)13-11-23)28(35)19-34(27-9-7-6-8-20(27)2)39(37,38)26-16-14-25(31)15-17-26/h6-17,21-22H,5,18-19H2,1-4H3,(H,32,36)/t21-,22+/m1/s1. The van der Waals surface area contributed by atoms with Crippen molar-refractivity contribution in [3.63, 3.8) is 0 Å². The monoisotopic (exact) mass is 589 g/mol. The molecule has 0 saturated heterocycles. The first-order chi connectivity index (χ1) is 18.4. The summed E-state index contributed by atoms with van der Waals surface area (Å²) in [4.78, 5) is 28.4. The van der Waals surface area contributed by atoms with Gasteiger partial charge in [0.05, 0.1) is 10.6 Å². The maximum absolute atomic E-state index is 13.9. The summed E-state index contributed by atoms with van der Waals surface area (Å²) in [5, 5.41) is 3.85. The van der Waals surface area contributed by atoms with Crippen molar-refractivity contribution in [1.29, 1.82) is 0 Å². The molecule has 0 saturated carbocycles. The van der Waals surface area contributed by atoms with Gasteiger partial charge in [0.25, 0.3) is 10.0 Å². The Labute approximate surface area is 240 Å². The summed E-state index contributed by atoms with van der Waals surface area (Å²) in [5.41, 5.74) is 1.79. The van der Waals surface area contributed by atoms with E-state index >= 15 is 0 Å². The van der Waals surface area contributed by atoms with Gasteiger partial charge in [-0.2, -0.15) is 0 Å². The fraction of sp³-hybridized carbons (Fsp3) is 0.310. The summed E-state index contributed by atoms with van der Waals surface area (Å²) in [5.74, 6) is -0.854. The Hall–Kier alpha value is -3.07. The molecule has 0 aliphatic carbocycles. The highest BCUT2D eigenvalue weighted by Crippen LogP contribution is 2.28. The number of hydrogen-bond donors (Lipinski definition) is 1. The first kappa shape index (κ1) is 30.5. The van der Waals surface area contributed by atoms with E-state index in [1.165, 1.54) is 29.2 Å². The number of nitrogens with one attached hydrogen (secondary N) is 1. The number of carbonyl (C=O) groups is 2. The van der Waals surface area contributed by atoms with Gasteiger partial charge in [-0.05, 0) is 80.8 Å². The summed E-state index contributed by atoms with van der Waals surface area (Å²) in [7, 11) is -4.16. The maximum Gasteiger partial charge on any atom is 0.264 e. The number of anilines is 1. The van der Waals surface area contributed by atoms with Gasteiger partial charge in [0.1, 0.15) is 12.6 Å². The molecule has 3 aromatic carbocycles. The van der Waals surface area contributed by atoms with E-state index in [9.17, 15) is 18.0 Å². The average Bonchev–Trinajstić information content (AvgIpc) is 2.91. The molecule has 0 bridgehead atoms. The van der Waals surface area contributed by atoms with E-state index in [0.717, 1.165) is 16.3 Å². The second kappa shape index (κ2) is 13.3. The Morgan fingerprint density at radius 1 is 0.897 bits per heavy atom. The molecule has 0 aromatic heterocycles. The van der Waals surface area contributed by atoms with Gasteiger partial charge in [-0.15, -0.1) is 0 Å². The molecular formula is C29H33Cl2N3O4S. The van der Waals surface area contributed by atoms with Crippen LogP contribution in [-0.2, 0) is 26.2 Å². The highest BCUT2D eigenvalue weighted by molar-refractivity contribution is 7.92. The number of amides is 2. The lowest BCUT2D eigenvalue weighted by atomic mass is 10.1. The number of rotatable bonds is 11. The molecule has 1 N–H and O–H groups in total. The molecule has 0 aliphatic rings. The summed E-state index contributed by atoms with van der Waals surface area (Å²) >= 11 is 12.0. The second-order valence-electron chi connectivity index (χ2n) is 9.39. The molecule has 3 aromatic rings. The SMILES string of the molecule is CC[C@@H](C)NC(=O)[C@H](C)N(Cc1ccc(Cl)cc1)C(=O)CN(c1ccccc1C)S(=O)(=O)c1ccc(Cl)cc1. The van der Waals surface area contributed by atoms with E-state index in [1.54, 1.807) is 62.4 Å². The Morgan fingerprint density at radius 2 is 1.46 bits per heavy atom. The van der Waals surface area contributed by atoms with Crippen molar-refractivity contribution >= 4 is 50.7 Å². The lowest BCUT2D eigenvalue weighted by Crippen LogP contribution is -2.52. The normalized spacial score (nSPS) is 12.9. The zero-order valence-corrected chi connectivity index (χ0v) is 24.7. The molecule has 2 amide bonds. The Kier molecular flexibility index (Phi) is 10.4. The summed E-state index contributed by atoms with van der Waals surface area (Å²) in [6, 6.07) is 18.7. The van der Waals surface area contributed by atoms with E-state index in [1.807, 2.05) is 13.8 Å². The van der Waals surface area contributed by atoms with Crippen molar-refractivity contribution in [3.8, 4) is 0 Å². The molecule has 39 heavy (non-hydrogen) atoms. The number of benzene rings is 3. The predicted molar refractivity (Wildman–Crippen MR) is 157 cm³/mol. The van der Waals surface area contributed by atoms with Crippen molar-refractivity contribution in [2.75, 3.05) is 10.8 Å². The van der Waals surface area contributed by atoms with Crippen LogP contribution >= 0.6 is 23.2 Å². The smallest absolute Gasteiger partial charge is 0.264 e. The first-order valence-corrected chi connectivity index (χ1v) is 14.8. The highest BCUT2D eigenvalue weighted by atomic mass is 35.5. The lowest BCUT2D eigenvalue weighted by molar-refractivity contribution is -0.139. The van der Waals surface area contributed by atoms with Crippen LogP contribution in [0.3, 0.4) is 0 Å². The van der Waals surface area contributed by atoms with Gasteiger partial charge in [0, 0.05) is 22.6 Å². The highest BCUT2D eigenvalue weighted by Gasteiger charge is 2.33. The summed E-state index contributed by atoms with van der Waals surface area (Å²) in [6.07, 6.45) is 0.726. The lowest BCUT2D eigenvalue weighted by Gasteiger charge is -2.33. The quantitative estimate of drug-likeness (QED) is 0.305. The minimum Gasteiger partial charge on any atom is -0.352 e. The van der Waals surface area contributed by atoms with Crippen molar-refractivity contribution in [1.82, 2.24) is 10.2 Å². The van der Waals surface area contributed by atoms with Gasteiger partial charge in [0.2, 0.25) is 11.8 Å². The fourth-order valence-corrected chi connectivity index (χ4v) is 5.66. The number of para-hydroxylation sites is 1. The Morgan fingerprint density at radius 3 is 2.03 bits per heavy atom. The second-order valence-corrected chi connectivity index (χ2v) is 12.1. The minimum atomic E-state index is -4.16. The van der Waals surface area contributed by atoms with E-state index < -0.39 is 28.5 Å². The largest absolute Gasteiger partial charge is 0.352 e. The molecular weight excluding hydrogens is 557 g/mol. The van der Waals surface area contributed by atoms with Crippen LogP contribution in [0.5, 0.6) is 0 Å². The van der Waals surface area contributed by atoms with E-state index in [0.29, 0.717) is 21.3 Å². The zero-order chi connectivity index (χ0) is 28.7. The van der Waals surface area contributed by atoms with Gasteiger partial charge in [-0.25, -0.2) is 8.42 Å². The molecule has 208 valence electrons. The molecule has 0 spiro atoms. The molecule has 0 heterocycles. The number of sulfonamides is 1. The predicted octanol–water partition coefficient (Wildman–Crippen LogP) is 5.83. The molecule has 0 radical (unpaired) electrons. The summed E-state index contributed by atoms with van der Waals surface area (Å²) < 4.78 is 28.8. The molecule has 0 unspecified atom stereocenters. The number of halogens is 2. The van der Waals surface area contributed by atoms with Gasteiger partial charge in [-0.1, -0.05) is 60.5 Å². The van der Waals surface area contributed by atoms with Crippen LogP contribution in [0.2, 0.25) is 10.0 Å². The van der Waals surface area contributed by atoms with Crippen LogP contribution in [0.1, 0.15) is 38.3 Å². The van der Waals surface area contributed by atoms with Crippen LogP contribution in [0.25, 0.3) is 0 Å². The number of nitrogens with zero attached hydrogens (tertiary/aromatic N) is 2. The van der Waals surface area contributed by atoms with Gasteiger partial charge in [0.15, 0.2) is 0 Å². The first-order valence-electron chi connectivity index (χ1n) is 12.6. The van der Waals surface area contributed by atoms with Gasteiger partial charge < -0.3 is 10.2 Å². The Balaban J connectivity index is 2.03. The van der Waals surface area contributed by atoms with Crippen molar-refractivity contribution in [2.24, 2.45) is 0 Å². The molecule has 3 rings (SSSR count). The van der Waals surface area contributed by atoms with E-state index in [4.69, 9.17) is 23.2 Å². The maximum atomic E-state index is 13.9. The molecule has 0 aliphatic heterocycles. The van der Waals surface area contributed by atoms with Crippen LogP contribution in [0.15, 0.2) is 77.7 Å². The molecule has 7 nitrogen and oxygen atoms in total. The number of hydrogen-bond acceptors (Lipinski definition) is 4. The zero-order valence-electron chi connectivity index (χ0n) is 22.4. The van der Waals surface area contributed by atoms with Gasteiger partial charge in [-0.3, -0.25) is 13.9 Å². The molecule has 0 fully saturated rings. The van der Waals surface area contributed by atoms with E-state index in [2.05, 4.69) is 5.32 Å². The van der Waals surface area contributed by atoms with Crippen molar-refractivity contribution in [2.45, 2.75) is 57.6 Å². The van der Waals surface area contributed by atoms with Crippen molar-refractivity contribution in [3.05, 3.63) is 94.0 Å². The van der Waals surface area contributed by atoms with Crippen molar-refractivity contribution < 1.29 is 18.0 Å². The molecule has 2 atom stereocenters. The number of carbonyl (C=O) groups excluding carboxylic acids is 2. The topological polar surface area (TPSA) is 86.8 Å². The third-order valence-electron chi connectivity index (χ3n) is 6.50. The fourth-order valence-electron chi connectivity index (χ4n) is 3.93. The van der Waals surface area contributed by atoms with Crippen LogP contribution in [0.4, 0.5) is 5.69 Å². The van der Waals surface area contributed by atoms with Gasteiger partial charge >= 0.3 is 0 Å². The average molecular weight is 591 g/mol. The summed E-state index contributed by atoms with van der Waals surface area (Å²) in [6.45, 7) is 6.83. The van der Waals surface area contributed by atoms with Crippen LogP contribution in [0, 0.1) is 6.92 Å². The number of aryl methyl sites for hydroxylation is 1. The van der Waals surface area contributed by atoms with Crippen LogP contribution in [-0.4, -0.2) is 43.8 Å². The van der Waals surface area contributed by atoms with Crippen LogP contribution < -0.4 is 9.62 Å². The third kappa shape index (κ3) is 7.75.